The van der Waals surface area contributed by atoms with Crippen molar-refractivity contribution < 1.29 is 4.79 Å². The fraction of sp³-hybridized carbons (Fsp3) is 0.115. The highest BCUT2D eigenvalue weighted by atomic mass is 35.5. The summed E-state index contributed by atoms with van der Waals surface area (Å²) in [7, 11) is 0. The van der Waals surface area contributed by atoms with E-state index in [0.29, 0.717) is 27.5 Å². The van der Waals surface area contributed by atoms with Gasteiger partial charge in [-0.2, -0.15) is 0 Å². The summed E-state index contributed by atoms with van der Waals surface area (Å²) in [6, 6.07) is 21.1. The number of nitrogens with zero attached hydrogens (tertiary/aromatic N) is 5. The first-order valence-electron chi connectivity index (χ1n) is 11.1. The maximum Gasteiger partial charge on any atom is 0.271 e. The van der Waals surface area contributed by atoms with Crippen molar-refractivity contribution in [2.75, 3.05) is 0 Å². The topological polar surface area (TPSA) is 85.6 Å². The highest BCUT2D eigenvalue weighted by molar-refractivity contribution is 7.98. The molecule has 1 N–H and O–H groups in total. The zero-order valence-electron chi connectivity index (χ0n) is 19.2. The lowest BCUT2D eigenvalue weighted by atomic mass is 10.1. The van der Waals surface area contributed by atoms with Gasteiger partial charge in [-0.15, -0.1) is 21.5 Å². The van der Waals surface area contributed by atoms with Crippen molar-refractivity contribution in [1.29, 1.82) is 0 Å². The molecule has 0 radical (unpaired) electrons. The third kappa shape index (κ3) is 5.48. The molecule has 1 atom stereocenters. The number of benzene rings is 2. The number of hydrogen-bond donors (Lipinski definition) is 1. The third-order valence-corrected chi connectivity index (χ3v) is 7.58. The largest absolute Gasteiger partial charge is 0.344 e. The second-order valence-corrected chi connectivity index (χ2v) is 10.2. The van der Waals surface area contributed by atoms with Gasteiger partial charge in [-0.3, -0.25) is 14.3 Å². The molecule has 0 aliphatic heterocycles. The second kappa shape index (κ2) is 11.0. The number of carbonyl (C=O) groups excluding carboxylic acids is 1. The number of halogens is 1. The highest BCUT2D eigenvalue weighted by Crippen LogP contribution is 2.31. The van der Waals surface area contributed by atoms with Crippen molar-refractivity contribution in [3.05, 3.63) is 106 Å². The fourth-order valence-electron chi connectivity index (χ4n) is 3.60. The van der Waals surface area contributed by atoms with E-state index in [1.165, 1.54) is 23.1 Å². The minimum atomic E-state index is -0.195. The number of nitrogens with one attached hydrogen (secondary N) is 1. The van der Waals surface area contributed by atoms with E-state index in [9.17, 15) is 4.79 Å². The normalized spacial score (nSPS) is 11.8. The van der Waals surface area contributed by atoms with Gasteiger partial charge in [0.2, 0.25) is 0 Å². The Hall–Kier alpha value is -3.53. The fourth-order valence-corrected chi connectivity index (χ4v) is 5.53. The third-order valence-electron chi connectivity index (χ3n) is 5.38. The second-order valence-electron chi connectivity index (χ2n) is 7.88. The van der Waals surface area contributed by atoms with Crippen molar-refractivity contribution in [1.82, 2.24) is 30.0 Å². The van der Waals surface area contributed by atoms with Crippen LogP contribution in [-0.2, 0) is 5.75 Å². The number of aromatic nitrogens is 5. The Morgan fingerprint density at radius 3 is 2.75 bits per heavy atom. The zero-order chi connectivity index (χ0) is 24.9. The molecule has 36 heavy (non-hydrogen) atoms. The van der Waals surface area contributed by atoms with Crippen molar-refractivity contribution in [2.45, 2.75) is 23.9 Å². The van der Waals surface area contributed by atoms with E-state index in [-0.39, 0.29) is 11.9 Å². The molecule has 5 aromatic rings. The van der Waals surface area contributed by atoms with Gasteiger partial charge in [-0.05, 0) is 42.8 Å². The van der Waals surface area contributed by atoms with Crippen LogP contribution in [0.5, 0.6) is 0 Å². The van der Waals surface area contributed by atoms with Crippen LogP contribution in [0, 0.1) is 0 Å². The SMILES string of the molecule is CC(NC(=O)c1csc(CSc2nnc(-c3cccnc3)n2-c2cccc(Cl)c2)n1)c1ccccc1. The van der Waals surface area contributed by atoms with Crippen LogP contribution in [0.4, 0.5) is 0 Å². The maximum absolute atomic E-state index is 12.7. The average molecular weight is 533 g/mol. The molecule has 7 nitrogen and oxygen atoms in total. The molecule has 0 fully saturated rings. The van der Waals surface area contributed by atoms with Crippen LogP contribution in [-0.4, -0.2) is 30.6 Å². The summed E-state index contributed by atoms with van der Waals surface area (Å²) < 4.78 is 1.95. The van der Waals surface area contributed by atoms with E-state index in [1.54, 1.807) is 17.8 Å². The van der Waals surface area contributed by atoms with Crippen molar-refractivity contribution in [3.63, 3.8) is 0 Å². The standard InChI is InChI=1S/C26H21ClN6OS2/c1-17(18-7-3-2-4-8-18)29-25(34)22-15-35-23(30-22)16-36-26-32-31-24(19-9-6-12-28-14-19)33(26)21-11-5-10-20(27)13-21/h2-15,17H,16H2,1H3,(H,29,34). The molecular formula is C26H21ClN6OS2. The lowest BCUT2D eigenvalue weighted by Gasteiger charge is -2.13. The molecule has 180 valence electrons. The monoisotopic (exact) mass is 532 g/mol. The lowest BCUT2D eigenvalue weighted by molar-refractivity contribution is 0.0935. The predicted molar refractivity (Wildman–Crippen MR) is 144 cm³/mol. The molecule has 0 spiro atoms. The minimum Gasteiger partial charge on any atom is -0.344 e. The van der Waals surface area contributed by atoms with Crippen LogP contribution in [0.3, 0.4) is 0 Å². The van der Waals surface area contributed by atoms with Crippen LogP contribution in [0.2, 0.25) is 5.02 Å². The van der Waals surface area contributed by atoms with Crippen LogP contribution in [0.25, 0.3) is 17.1 Å². The van der Waals surface area contributed by atoms with E-state index in [0.717, 1.165) is 21.8 Å². The molecule has 3 heterocycles. The van der Waals surface area contributed by atoms with E-state index in [4.69, 9.17) is 11.6 Å². The summed E-state index contributed by atoms with van der Waals surface area (Å²) in [5.74, 6) is 1.01. The zero-order valence-corrected chi connectivity index (χ0v) is 21.6. The van der Waals surface area contributed by atoms with Crippen molar-refractivity contribution >= 4 is 40.6 Å². The van der Waals surface area contributed by atoms with E-state index in [2.05, 4.69) is 25.5 Å². The van der Waals surface area contributed by atoms with Crippen LogP contribution >= 0.6 is 34.7 Å². The molecule has 10 heteroatoms. The molecule has 0 bridgehead atoms. The van der Waals surface area contributed by atoms with Gasteiger partial charge in [0.15, 0.2) is 11.0 Å². The number of hydrogen-bond acceptors (Lipinski definition) is 7. The summed E-state index contributed by atoms with van der Waals surface area (Å²) in [4.78, 5) is 21.5. The summed E-state index contributed by atoms with van der Waals surface area (Å²) >= 11 is 9.21. The molecule has 0 saturated carbocycles. The van der Waals surface area contributed by atoms with E-state index >= 15 is 0 Å². The Morgan fingerprint density at radius 1 is 1.11 bits per heavy atom. The number of carbonyl (C=O) groups is 1. The Labute approximate surface area is 221 Å². The Morgan fingerprint density at radius 2 is 1.97 bits per heavy atom. The van der Waals surface area contributed by atoms with Crippen molar-refractivity contribution in [3.8, 4) is 17.1 Å². The quantitative estimate of drug-likeness (QED) is 0.239. The molecule has 5 rings (SSSR count). The number of thiazole rings is 1. The Kier molecular flexibility index (Phi) is 7.41. The summed E-state index contributed by atoms with van der Waals surface area (Å²) in [6.45, 7) is 1.96. The van der Waals surface area contributed by atoms with Crippen LogP contribution in [0.1, 0.15) is 34.0 Å². The molecule has 2 aromatic carbocycles. The summed E-state index contributed by atoms with van der Waals surface area (Å²) in [5, 5.41) is 15.8. The number of amides is 1. The smallest absolute Gasteiger partial charge is 0.271 e. The Balaban J connectivity index is 1.33. The first-order valence-corrected chi connectivity index (χ1v) is 13.4. The lowest BCUT2D eigenvalue weighted by Crippen LogP contribution is -2.26. The van der Waals surface area contributed by atoms with Gasteiger partial charge in [0.05, 0.1) is 17.5 Å². The van der Waals surface area contributed by atoms with Gasteiger partial charge in [0, 0.05) is 28.4 Å². The number of thioether (sulfide) groups is 1. The van der Waals surface area contributed by atoms with Gasteiger partial charge >= 0.3 is 0 Å². The van der Waals surface area contributed by atoms with Gasteiger partial charge < -0.3 is 5.32 Å². The number of rotatable bonds is 8. The van der Waals surface area contributed by atoms with Gasteiger partial charge in [0.1, 0.15) is 10.7 Å². The van der Waals surface area contributed by atoms with Crippen LogP contribution < -0.4 is 5.32 Å². The van der Waals surface area contributed by atoms with Gasteiger partial charge in [-0.1, -0.05) is 59.8 Å². The highest BCUT2D eigenvalue weighted by Gasteiger charge is 2.19. The molecule has 1 unspecified atom stereocenters. The van der Waals surface area contributed by atoms with Crippen LogP contribution in [0.15, 0.2) is 89.7 Å². The number of pyridine rings is 1. The minimum absolute atomic E-state index is 0.111. The first-order chi connectivity index (χ1) is 17.6. The summed E-state index contributed by atoms with van der Waals surface area (Å²) in [6.07, 6.45) is 3.47. The molecule has 1 amide bonds. The molecule has 0 aliphatic rings. The molecule has 0 aliphatic carbocycles. The van der Waals surface area contributed by atoms with Crippen molar-refractivity contribution in [2.24, 2.45) is 0 Å². The molecular weight excluding hydrogens is 512 g/mol. The van der Waals surface area contributed by atoms with E-state index in [1.807, 2.05) is 78.2 Å². The summed E-state index contributed by atoms with van der Waals surface area (Å²) in [5.41, 5.74) is 3.15. The maximum atomic E-state index is 12.7. The molecule has 0 saturated heterocycles. The first kappa shape index (κ1) is 24.2. The van der Waals surface area contributed by atoms with Gasteiger partial charge in [-0.25, -0.2) is 4.98 Å². The van der Waals surface area contributed by atoms with E-state index < -0.39 is 0 Å². The Bertz CT molecular complexity index is 1470. The van der Waals surface area contributed by atoms with Gasteiger partial charge in [0.25, 0.3) is 5.91 Å². The predicted octanol–water partition coefficient (Wildman–Crippen LogP) is 6.22. The molecule has 3 aromatic heterocycles. The average Bonchev–Trinajstić information content (AvgIpc) is 3.56.